The van der Waals surface area contributed by atoms with Crippen LogP contribution < -0.4 is 4.74 Å². The molecule has 1 N–H and O–H groups in total. The Labute approximate surface area is 166 Å². The molecule has 2 aromatic carbocycles. The van der Waals surface area contributed by atoms with E-state index < -0.39 is 12.1 Å². The van der Waals surface area contributed by atoms with Crippen LogP contribution in [0.4, 0.5) is 0 Å². The van der Waals surface area contributed by atoms with Gasteiger partial charge < -0.3 is 9.84 Å². The molecular weight excluding hydrogens is 380 g/mol. The number of fused-ring (bicyclic) bond motifs is 3. The molecule has 0 saturated heterocycles. The molecule has 1 aliphatic rings. The fourth-order valence-electron chi connectivity index (χ4n) is 3.17. The molecular formula is C20H17ClN4O3. The molecule has 1 unspecified atom stereocenters. The van der Waals surface area contributed by atoms with Gasteiger partial charge in [0.25, 0.3) is 0 Å². The van der Waals surface area contributed by atoms with E-state index in [1.165, 1.54) is 6.92 Å². The van der Waals surface area contributed by atoms with Crippen LogP contribution in [0.5, 0.6) is 5.75 Å². The number of benzene rings is 2. The molecule has 0 saturated carbocycles. The number of aryl methyl sites for hydroxylation is 1. The van der Waals surface area contributed by atoms with Crippen LogP contribution in [0.3, 0.4) is 0 Å². The van der Waals surface area contributed by atoms with Gasteiger partial charge in [-0.25, -0.2) is 4.79 Å². The summed E-state index contributed by atoms with van der Waals surface area (Å²) in [4.78, 5) is 15.9. The molecule has 7 nitrogen and oxygen atoms in total. The number of nitrogens with zero attached hydrogens (tertiary/aromatic N) is 4. The van der Waals surface area contributed by atoms with Gasteiger partial charge in [-0.3, -0.25) is 9.56 Å². The number of rotatable bonds is 4. The predicted molar refractivity (Wildman–Crippen MR) is 105 cm³/mol. The SMILES string of the molecule is Cc1nnc2n1-c1ccc(OC(C)C(=O)O)cc1C(c1ccccc1Cl)=NC2. The van der Waals surface area contributed by atoms with Crippen LogP contribution in [-0.2, 0) is 11.3 Å². The number of ether oxygens (including phenoxy) is 1. The van der Waals surface area contributed by atoms with Gasteiger partial charge in [0.1, 0.15) is 18.1 Å². The highest BCUT2D eigenvalue weighted by molar-refractivity contribution is 6.35. The molecule has 0 radical (unpaired) electrons. The Morgan fingerprint density at radius 2 is 2.00 bits per heavy atom. The van der Waals surface area contributed by atoms with E-state index in [0.29, 0.717) is 28.9 Å². The summed E-state index contributed by atoms with van der Waals surface area (Å²) in [5.74, 6) is 0.849. The highest BCUT2D eigenvalue weighted by Gasteiger charge is 2.24. The van der Waals surface area contributed by atoms with Crippen molar-refractivity contribution in [3.05, 3.63) is 70.3 Å². The molecule has 2 heterocycles. The Balaban J connectivity index is 1.91. The second-order valence-electron chi connectivity index (χ2n) is 6.42. The Morgan fingerprint density at radius 1 is 1.21 bits per heavy atom. The van der Waals surface area contributed by atoms with E-state index in [0.717, 1.165) is 22.6 Å². The van der Waals surface area contributed by atoms with Crippen LogP contribution in [0.1, 0.15) is 29.7 Å². The maximum atomic E-state index is 11.2. The van der Waals surface area contributed by atoms with Crippen molar-refractivity contribution in [2.24, 2.45) is 4.99 Å². The first-order valence-corrected chi connectivity index (χ1v) is 9.08. The van der Waals surface area contributed by atoms with Gasteiger partial charge in [-0.15, -0.1) is 10.2 Å². The van der Waals surface area contributed by atoms with E-state index in [1.807, 2.05) is 41.8 Å². The van der Waals surface area contributed by atoms with Gasteiger partial charge in [-0.05, 0) is 38.1 Å². The molecule has 4 rings (SSSR count). The smallest absolute Gasteiger partial charge is 0.344 e. The van der Waals surface area contributed by atoms with Gasteiger partial charge in [0, 0.05) is 16.1 Å². The number of carboxylic acid groups (broad SMARTS) is 1. The first-order valence-electron chi connectivity index (χ1n) is 8.70. The van der Waals surface area contributed by atoms with Gasteiger partial charge in [-0.1, -0.05) is 29.8 Å². The van der Waals surface area contributed by atoms with Crippen LogP contribution in [0.2, 0.25) is 5.02 Å². The lowest BCUT2D eigenvalue weighted by Crippen LogP contribution is -2.23. The zero-order chi connectivity index (χ0) is 19.8. The third-order valence-corrected chi connectivity index (χ3v) is 4.85. The summed E-state index contributed by atoms with van der Waals surface area (Å²) < 4.78 is 7.51. The van der Waals surface area contributed by atoms with Crippen LogP contribution >= 0.6 is 11.6 Å². The molecule has 1 aliphatic heterocycles. The number of carboxylic acids is 1. The highest BCUT2D eigenvalue weighted by Crippen LogP contribution is 2.31. The maximum Gasteiger partial charge on any atom is 0.344 e. The van der Waals surface area contributed by atoms with Gasteiger partial charge >= 0.3 is 5.97 Å². The van der Waals surface area contributed by atoms with E-state index in [9.17, 15) is 4.79 Å². The number of carbonyl (C=O) groups is 1. The predicted octanol–water partition coefficient (Wildman–Crippen LogP) is 3.43. The summed E-state index contributed by atoms with van der Waals surface area (Å²) in [5, 5.41) is 18.1. The van der Waals surface area contributed by atoms with Crippen LogP contribution in [0.15, 0.2) is 47.5 Å². The van der Waals surface area contributed by atoms with Crippen LogP contribution in [0, 0.1) is 6.92 Å². The zero-order valence-corrected chi connectivity index (χ0v) is 16.0. The molecule has 0 fully saturated rings. The monoisotopic (exact) mass is 396 g/mol. The van der Waals surface area contributed by atoms with Crippen molar-refractivity contribution in [2.75, 3.05) is 0 Å². The lowest BCUT2D eigenvalue weighted by atomic mass is 10.00. The first-order chi connectivity index (χ1) is 13.5. The molecule has 0 aliphatic carbocycles. The third-order valence-electron chi connectivity index (χ3n) is 4.52. The summed E-state index contributed by atoms with van der Waals surface area (Å²) in [6.45, 7) is 3.70. The molecule has 0 spiro atoms. The van der Waals surface area contributed by atoms with Crippen molar-refractivity contribution >= 4 is 23.3 Å². The van der Waals surface area contributed by atoms with Crippen molar-refractivity contribution in [1.82, 2.24) is 14.8 Å². The van der Waals surface area contributed by atoms with E-state index in [4.69, 9.17) is 26.4 Å². The number of aliphatic carboxylic acids is 1. The molecule has 1 atom stereocenters. The van der Waals surface area contributed by atoms with Crippen molar-refractivity contribution in [3.8, 4) is 11.4 Å². The average molecular weight is 397 g/mol. The fraction of sp³-hybridized carbons (Fsp3) is 0.200. The summed E-state index contributed by atoms with van der Waals surface area (Å²) in [6.07, 6.45) is -0.975. The van der Waals surface area contributed by atoms with Crippen LogP contribution in [0.25, 0.3) is 5.69 Å². The minimum atomic E-state index is -1.04. The number of hydrogen-bond donors (Lipinski definition) is 1. The fourth-order valence-corrected chi connectivity index (χ4v) is 3.39. The average Bonchev–Trinajstić information content (AvgIpc) is 2.95. The lowest BCUT2D eigenvalue weighted by molar-refractivity contribution is -0.144. The van der Waals surface area contributed by atoms with Gasteiger partial charge in [0.05, 0.1) is 11.4 Å². The minimum absolute atomic E-state index is 0.345. The largest absolute Gasteiger partial charge is 0.479 e. The number of aromatic nitrogens is 3. The topological polar surface area (TPSA) is 89.6 Å². The Kier molecular flexibility index (Phi) is 4.60. The van der Waals surface area contributed by atoms with Gasteiger partial charge in [0.2, 0.25) is 0 Å². The molecule has 142 valence electrons. The quantitative estimate of drug-likeness (QED) is 0.729. The second-order valence-corrected chi connectivity index (χ2v) is 6.83. The lowest BCUT2D eigenvalue weighted by Gasteiger charge is -2.16. The van der Waals surface area contributed by atoms with E-state index in [-0.39, 0.29) is 0 Å². The molecule has 0 bridgehead atoms. The molecule has 0 amide bonds. The normalized spacial score (nSPS) is 13.8. The van der Waals surface area contributed by atoms with E-state index >= 15 is 0 Å². The van der Waals surface area contributed by atoms with E-state index in [1.54, 1.807) is 12.1 Å². The van der Waals surface area contributed by atoms with E-state index in [2.05, 4.69) is 10.2 Å². The van der Waals surface area contributed by atoms with Crippen molar-refractivity contribution in [2.45, 2.75) is 26.5 Å². The number of hydrogen-bond acceptors (Lipinski definition) is 5. The number of halogens is 1. The minimum Gasteiger partial charge on any atom is -0.479 e. The second kappa shape index (κ2) is 7.09. The first kappa shape index (κ1) is 18.2. The summed E-state index contributed by atoms with van der Waals surface area (Å²) in [6, 6.07) is 12.8. The van der Waals surface area contributed by atoms with Crippen molar-refractivity contribution in [3.63, 3.8) is 0 Å². The Hall–Kier alpha value is -3.19. The molecule has 28 heavy (non-hydrogen) atoms. The molecule has 8 heteroatoms. The summed E-state index contributed by atoms with van der Waals surface area (Å²) >= 11 is 6.43. The van der Waals surface area contributed by atoms with Crippen molar-refractivity contribution < 1.29 is 14.6 Å². The molecule has 3 aromatic rings. The Bertz CT molecular complexity index is 1110. The zero-order valence-electron chi connectivity index (χ0n) is 15.3. The van der Waals surface area contributed by atoms with Crippen LogP contribution in [-0.4, -0.2) is 37.7 Å². The van der Waals surface area contributed by atoms with Gasteiger partial charge in [0.15, 0.2) is 11.9 Å². The third kappa shape index (κ3) is 3.14. The maximum absolute atomic E-state index is 11.2. The van der Waals surface area contributed by atoms with Crippen molar-refractivity contribution in [1.29, 1.82) is 0 Å². The highest BCUT2D eigenvalue weighted by atomic mass is 35.5. The summed E-state index contributed by atoms with van der Waals surface area (Å²) in [7, 11) is 0. The molecule has 1 aromatic heterocycles. The number of aliphatic imine (C=N–C) groups is 1. The summed E-state index contributed by atoms with van der Waals surface area (Å²) in [5.41, 5.74) is 3.08. The standard InChI is InChI=1S/C20H17ClN4O3/c1-11(20(26)27)28-13-7-8-17-15(9-13)19(14-5-3-4-6-16(14)21)22-10-18-24-23-12(2)25(17)18/h3-9,11H,10H2,1-2H3,(H,26,27). The Morgan fingerprint density at radius 3 is 2.75 bits per heavy atom. The van der Waals surface area contributed by atoms with Gasteiger partial charge in [-0.2, -0.15) is 0 Å².